The first-order valence-electron chi connectivity index (χ1n) is 11.0. The smallest absolute Gasteiger partial charge is 0.132 e. The molecule has 2 aromatic carbocycles. The van der Waals surface area contributed by atoms with Gasteiger partial charge in [-0.3, -0.25) is 4.44 Å². The predicted octanol–water partition coefficient (Wildman–Crippen LogP) is 7.16. The van der Waals surface area contributed by atoms with Crippen molar-refractivity contribution in [2.45, 2.75) is 70.6 Å². The second kappa shape index (κ2) is 10.9. The summed E-state index contributed by atoms with van der Waals surface area (Å²) in [7, 11) is -1.66. The predicted molar refractivity (Wildman–Crippen MR) is 125 cm³/mol. The van der Waals surface area contributed by atoms with Gasteiger partial charge in [-0.15, -0.1) is 0 Å². The first-order chi connectivity index (χ1) is 14.1. The zero-order valence-corrected chi connectivity index (χ0v) is 19.6. The molecule has 2 aromatic rings. The Morgan fingerprint density at radius 3 is 1.76 bits per heavy atom. The number of nitrogens with zero attached hydrogens (tertiary/aromatic N) is 1. The lowest BCUT2D eigenvalue weighted by molar-refractivity contribution is 0.614. The summed E-state index contributed by atoms with van der Waals surface area (Å²) in [5.74, 6) is -0.419. The molecule has 1 fully saturated rings. The van der Waals surface area contributed by atoms with Crippen LogP contribution in [0.5, 0.6) is 0 Å². The van der Waals surface area contributed by atoms with E-state index in [4.69, 9.17) is 0 Å². The average molecular weight is 435 g/mol. The lowest BCUT2D eigenvalue weighted by Gasteiger charge is -2.42. The molecule has 0 amide bonds. The van der Waals surface area contributed by atoms with Gasteiger partial charge < -0.3 is 0 Å². The van der Waals surface area contributed by atoms with E-state index < -0.39 is 16.1 Å². The first-order valence-corrected chi connectivity index (χ1v) is 13.7. The van der Waals surface area contributed by atoms with Gasteiger partial charge in [-0.2, -0.15) is 0 Å². The molecule has 0 N–H and O–H groups in total. The van der Waals surface area contributed by atoms with Crippen molar-refractivity contribution < 1.29 is 8.78 Å². The molecule has 0 bridgehead atoms. The van der Waals surface area contributed by atoms with Crippen LogP contribution in [0.4, 0.5) is 8.78 Å². The number of hydrogen-bond donors (Lipinski definition) is 0. The van der Waals surface area contributed by atoms with E-state index >= 15 is 8.78 Å². The standard InChI is InChI=1S/C24H33F2NP2/c1-4-7-18-27(28-19(5-2)16-17-20(28)6-3)29(23-14-10-8-12-21(23)25)24-15-11-9-13-22(24)26/h8-15,19-20H,4-7,16-18H2,1-3H3/t19-,20?,28?/m1/s1. The Balaban J connectivity index is 2.15. The summed E-state index contributed by atoms with van der Waals surface area (Å²) in [5, 5.41) is 1.34. The van der Waals surface area contributed by atoms with Gasteiger partial charge in [0.05, 0.1) is 0 Å². The maximum atomic E-state index is 15.1. The van der Waals surface area contributed by atoms with Crippen LogP contribution in [0.25, 0.3) is 0 Å². The fourth-order valence-corrected chi connectivity index (χ4v) is 12.0. The van der Waals surface area contributed by atoms with Gasteiger partial charge in [0, 0.05) is 25.2 Å². The van der Waals surface area contributed by atoms with E-state index in [9.17, 15) is 0 Å². The van der Waals surface area contributed by atoms with Gasteiger partial charge in [0.25, 0.3) is 0 Å². The van der Waals surface area contributed by atoms with Crippen LogP contribution in [0, 0.1) is 11.6 Å². The fraction of sp³-hybridized carbons (Fsp3) is 0.500. The highest BCUT2D eigenvalue weighted by Gasteiger charge is 2.42. The molecule has 29 heavy (non-hydrogen) atoms. The van der Waals surface area contributed by atoms with Gasteiger partial charge in [0.2, 0.25) is 0 Å². The largest absolute Gasteiger partial charge is 0.252 e. The van der Waals surface area contributed by atoms with Crippen molar-refractivity contribution in [2.75, 3.05) is 6.54 Å². The third kappa shape index (κ3) is 5.07. The first kappa shape index (κ1) is 22.8. The molecular weight excluding hydrogens is 402 g/mol. The number of benzene rings is 2. The summed E-state index contributed by atoms with van der Waals surface area (Å²) in [6, 6.07) is 14.1. The molecule has 1 aliphatic heterocycles. The van der Waals surface area contributed by atoms with E-state index in [1.165, 1.54) is 25.0 Å². The highest BCUT2D eigenvalue weighted by atomic mass is 31.2. The molecule has 3 atom stereocenters. The van der Waals surface area contributed by atoms with Gasteiger partial charge in [-0.05, 0) is 75.8 Å². The van der Waals surface area contributed by atoms with Crippen LogP contribution >= 0.6 is 16.1 Å². The molecule has 5 heteroatoms. The van der Waals surface area contributed by atoms with Crippen LogP contribution in [0.2, 0.25) is 0 Å². The van der Waals surface area contributed by atoms with Gasteiger partial charge in [-0.1, -0.05) is 51.5 Å². The Labute approximate surface area is 177 Å². The molecule has 1 heterocycles. The lowest BCUT2D eigenvalue weighted by Crippen LogP contribution is -2.32. The van der Waals surface area contributed by atoms with Crippen molar-refractivity contribution >= 4 is 26.8 Å². The molecule has 0 aliphatic carbocycles. The average Bonchev–Trinajstić information content (AvgIpc) is 3.16. The van der Waals surface area contributed by atoms with Crippen LogP contribution in [0.3, 0.4) is 0 Å². The lowest BCUT2D eigenvalue weighted by atomic mass is 10.1. The summed E-state index contributed by atoms with van der Waals surface area (Å²) in [6.45, 7) is 7.68. The minimum Gasteiger partial charge on any atom is -0.252 e. The van der Waals surface area contributed by atoms with E-state index in [1.807, 2.05) is 24.3 Å². The quantitative estimate of drug-likeness (QED) is 0.378. The van der Waals surface area contributed by atoms with Crippen molar-refractivity contribution in [1.29, 1.82) is 0 Å². The highest BCUT2D eigenvalue weighted by Crippen LogP contribution is 2.67. The molecule has 3 rings (SSSR count). The number of halogens is 2. The zero-order valence-electron chi connectivity index (χ0n) is 17.8. The second-order valence-corrected chi connectivity index (χ2v) is 12.8. The molecule has 158 valence electrons. The SMILES string of the molecule is CCCCN(P(c1ccccc1F)c1ccccc1F)P1C(CC)CC[C@H]1CC. The Kier molecular flexibility index (Phi) is 8.60. The molecule has 0 spiro atoms. The molecule has 0 radical (unpaired) electrons. The maximum Gasteiger partial charge on any atom is 0.132 e. The summed E-state index contributed by atoms with van der Waals surface area (Å²) >= 11 is 0. The minimum absolute atomic E-state index is 0.210. The van der Waals surface area contributed by atoms with Crippen molar-refractivity contribution in [1.82, 2.24) is 4.44 Å². The highest BCUT2D eigenvalue weighted by molar-refractivity contribution is 7.79. The molecular formula is C24H33F2NP2. The van der Waals surface area contributed by atoms with Crippen molar-refractivity contribution in [3.05, 3.63) is 60.2 Å². The number of rotatable bonds is 9. The molecule has 0 aromatic heterocycles. The van der Waals surface area contributed by atoms with Gasteiger partial charge in [-0.25, -0.2) is 8.78 Å². The van der Waals surface area contributed by atoms with Crippen LogP contribution < -0.4 is 10.6 Å². The van der Waals surface area contributed by atoms with E-state index in [0.717, 1.165) is 32.2 Å². The zero-order chi connectivity index (χ0) is 20.8. The third-order valence-corrected chi connectivity index (χ3v) is 12.8. The molecule has 2 unspecified atom stereocenters. The third-order valence-electron chi connectivity index (χ3n) is 5.89. The Morgan fingerprint density at radius 2 is 1.34 bits per heavy atom. The minimum atomic E-state index is -1.23. The fourth-order valence-electron chi connectivity index (χ4n) is 4.35. The second-order valence-electron chi connectivity index (χ2n) is 7.75. The number of unbranched alkanes of at least 4 members (excludes halogenated alkanes) is 1. The van der Waals surface area contributed by atoms with Crippen molar-refractivity contribution in [3.63, 3.8) is 0 Å². The molecule has 1 aliphatic rings. The maximum absolute atomic E-state index is 15.1. The summed E-state index contributed by atoms with van der Waals surface area (Å²) in [4.78, 5) is 0. The van der Waals surface area contributed by atoms with Crippen LogP contribution in [-0.2, 0) is 0 Å². The summed E-state index contributed by atoms with van der Waals surface area (Å²) < 4.78 is 32.7. The summed E-state index contributed by atoms with van der Waals surface area (Å²) in [6.07, 6.45) is 6.96. The van der Waals surface area contributed by atoms with Gasteiger partial charge in [0.1, 0.15) is 11.6 Å². The normalized spacial score (nSPS) is 22.0. The Hall–Kier alpha value is -0.880. The van der Waals surface area contributed by atoms with Crippen molar-refractivity contribution in [3.8, 4) is 0 Å². The van der Waals surface area contributed by atoms with E-state index in [-0.39, 0.29) is 11.6 Å². The van der Waals surface area contributed by atoms with Gasteiger partial charge >= 0.3 is 0 Å². The van der Waals surface area contributed by atoms with E-state index in [1.54, 1.807) is 12.1 Å². The van der Waals surface area contributed by atoms with Crippen LogP contribution in [-0.4, -0.2) is 22.3 Å². The topological polar surface area (TPSA) is 3.24 Å². The van der Waals surface area contributed by atoms with Gasteiger partial charge in [0.15, 0.2) is 0 Å². The molecule has 0 saturated carbocycles. The molecule has 1 saturated heterocycles. The summed E-state index contributed by atoms with van der Waals surface area (Å²) in [5.41, 5.74) is 1.32. The molecule has 1 nitrogen and oxygen atoms in total. The van der Waals surface area contributed by atoms with E-state index in [2.05, 4.69) is 25.2 Å². The Bertz CT molecular complexity index is 727. The van der Waals surface area contributed by atoms with Crippen LogP contribution in [0.1, 0.15) is 59.3 Å². The Morgan fingerprint density at radius 1 is 0.862 bits per heavy atom. The number of hydrogen-bond acceptors (Lipinski definition) is 1. The van der Waals surface area contributed by atoms with Crippen LogP contribution in [0.15, 0.2) is 48.5 Å². The van der Waals surface area contributed by atoms with Crippen molar-refractivity contribution in [2.24, 2.45) is 0 Å². The monoisotopic (exact) mass is 435 g/mol. The van der Waals surface area contributed by atoms with E-state index in [0.29, 0.717) is 21.9 Å².